The van der Waals surface area contributed by atoms with Gasteiger partial charge in [-0.2, -0.15) is 5.26 Å². The molecule has 6 nitrogen and oxygen atoms in total. The fourth-order valence-corrected chi connectivity index (χ4v) is 1.66. The van der Waals surface area contributed by atoms with E-state index in [4.69, 9.17) is 11.1 Å². The lowest BCUT2D eigenvalue weighted by atomic mass is 10.2. The number of anilines is 2. The van der Waals surface area contributed by atoms with E-state index in [0.29, 0.717) is 24.6 Å². The summed E-state index contributed by atoms with van der Waals surface area (Å²) in [6.45, 7) is 7.22. The minimum atomic E-state index is 0.474. The minimum Gasteiger partial charge on any atom is -0.355 e. The zero-order valence-corrected chi connectivity index (χ0v) is 10.5. The zero-order chi connectivity index (χ0) is 12.8. The van der Waals surface area contributed by atoms with Gasteiger partial charge in [0.2, 0.25) is 0 Å². The van der Waals surface area contributed by atoms with Crippen molar-refractivity contribution in [1.29, 1.82) is 5.26 Å². The lowest BCUT2D eigenvalue weighted by molar-refractivity contribution is 0.797. The molecule has 0 aliphatic heterocycles. The number of nitrogen functional groups attached to an aromatic ring is 1. The van der Waals surface area contributed by atoms with Crippen molar-refractivity contribution in [2.75, 3.05) is 23.4 Å². The first-order valence-electron chi connectivity index (χ1n) is 5.57. The molecule has 0 unspecified atom stereocenters. The molecule has 1 rings (SSSR count). The van der Waals surface area contributed by atoms with Crippen LogP contribution in [0.1, 0.15) is 24.7 Å². The number of hydrogen-bond donors (Lipinski definition) is 2. The van der Waals surface area contributed by atoms with E-state index in [-0.39, 0.29) is 0 Å². The van der Waals surface area contributed by atoms with Crippen molar-refractivity contribution in [2.24, 2.45) is 5.84 Å². The second kappa shape index (κ2) is 6.01. The molecule has 0 amide bonds. The van der Waals surface area contributed by atoms with Crippen LogP contribution in [0.4, 0.5) is 11.6 Å². The van der Waals surface area contributed by atoms with Gasteiger partial charge in [-0.1, -0.05) is 0 Å². The molecule has 17 heavy (non-hydrogen) atoms. The molecule has 0 saturated carbocycles. The Morgan fingerprint density at radius 2 is 2.12 bits per heavy atom. The van der Waals surface area contributed by atoms with Gasteiger partial charge in [0.15, 0.2) is 0 Å². The number of aromatic nitrogens is 2. The second-order valence-electron chi connectivity index (χ2n) is 3.70. The summed E-state index contributed by atoms with van der Waals surface area (Å²) in [5.41, 5.74) is 3.47. The van der Waals surface area contributed by atoms with Gasteiger partial charge in [0.1, 0.15) is 17.5 Å². The summed E-state index contributed by atoms with van der Waals surface area (Å²) < 4.78 is 0. The third kappa shape index (κ3) is 3.04. The predicted octanol–water partition coefficient (Wildman–Crippen LogP) is 1.12. The molecular formula is C11H18N6. The summed E-state index contributed by atoms with van der Waals surface area (Å²) in [6, 6.07) is 2.14. The first-order valence-corrected chi connectivity index (χ1v) is 5.57. The van der Waals surface area contributed by atoms with Gasteiger partial charge in [0.25, 0.3) is 0 Å². The Hall–Kier alpha value is -1.87. The minimum absolute atomic E-state index is 0.474. The van der Waals surface area contributed by atoms with Crippen molar-refractivity contribution in [2.45, 2.75) is 27.2 Å². The van der Waals surface area contributed by atoms with E-state index in [1.54, 1.807) is 0 Å². The van der Waals surface area contributed by atoms with Crippen LogP contribution in [-0.2, 0) is 0 Å². The average Bonchev–Trinajstić information content (AvgIpc) is 2.33. The Kier molecular flexibility index (Phi) is 4.67. The Balaban J connectivity index is 3.10. The first kappa shape index (κ1) is 13.2. The lowest BCUT2D eigenvalue weighted by Crippen LogP contribution is -2.27. The summed E-state index contributed by atoms with van der Waals surface area (Å²) in [4.78, 5) is 10.7. The van der Waals surface area contributed by atoms with Crippen LogP contribution in [0.3, 0.4) is 0 Å². The molecule has 3 N–H and O–H groups in total. The second-order valence-corrected chi connectivity index (χ2v) is 3.70. The highest BCUT2D eigenvalue weighted by molar-refractivity contribution is 5.58. The third-order valence-electron chi connectivity index (χ3n) is 2.54. The Morgan fingerprint density at radius 1 is 1.41 bits per heavy atom. The number of nitrogens with zero attached hydrogens (tertiary/aromatic N) is 4. The van der Waals surface area contributed by atoms with Gasteiger partial charge < -0.3 is 10.3 Å². The van der Waals surface area contributed by atoms with Gasteiger partial charge in [-0.15, -0.1) is 0 Å². The molecule has 0 aliphatic rings. The molecule has 0 bridgehead atoms. The van der Waals surface area contributed by atoms with Crippen LogP contribution >= 0.6 is 0 Å². The molecule has 0 saturated heterocycles. The van der Waals surface area contributed by atoms with Gasteiger partial charge in [0.05, 0.1) is 12.5 Å². The van der Waals surface area contributed by atoms with E-state index in [0.717, 1.165) is 17.9 Å². The van der Waals surface area contributed by atoms with Gasteiger partial charge in [-0.25, -0.2) is 15.8 Å². The number of nitrogens with one attached hydrogen (secondary N) is 1. The van der Waals surface area contributed by atoms with Crippen molar-refractivity contribution in [3.8, 4) is 6.07 Å². The van der Waals surface area contributed by atoms with Gasteiger partial charge in [-0.05, 0) is 20.8 Å². The maximum atomic E-state index is 8.64. The molecule has 0 aliphatic carbocycles. The maximum absolute atomic E-state index is 8.64. The fourth-order valence-electron chi connectivity index (χ4n) is 1.66. The van der Waals surface area contributed by atoms with Gasteiger partial charge >= 0.3 is 0 Å². The molecule has 0 aromatic carbocycles. The summed E-state index contributed by atoms with van der Waals surface area (Å²) in [6.07, 6.45) is 0.474. The van der Waals surface area contributed by atoms with Crippen molar-refractivity contribution in [1.82, 2.24) is 9.97 Å². The van der Waals surface area contributed by atoms with Crippen LogP contribution in [-0.4, -0.2) is 23.1 Å². The van der Waals surface area contributed by atoms with Crippen LogP contribution in [0.25, 0.3) is 0 Å². The summed E-state index contributed by atoms with van der Waals surface area (Å²) in [5.74, 6) is 7.54. The quantitative estimate of drug-likeness (QED) is 0.586. The van der Waals surface area contributed by atoms with E-state index in [9.17, 15) is 0 Å². The van der Waals surface area contributed by atoms with Crippen LogP contribution in [0, 0.1) is 25.2 Å². The van der Waals surface area contributed by atoms with E-state index in [1.807, 2.05) is 25.7 Å². The Bertz CT molecular complexity index is 423. The summed E-state index contributed by atoms with van der Waals surface area (Å²) in [7, 11) is 0. The number of nitriles is 1. The van der Waals surface area contributed by atoms with E-state index < -0.39 is 0 Å². The van der Waals surface area contributed by atoms with Crippen molar-refractivity contribution < 1.29 is 0 Å². The monoisotopic (exact) mass is 234 g/mol. The first-order chi connectivity index (χ1) is 8.13. The normalized spacial score (nSPS) is 9.82. The van der Waals surface area contributed by atoms with E-state index in [2.05, 4.69) is 21.5 Å². The average molecular weight is 234 g/mol. The van der Waals surface area contributed by atoms with Crippen molar-refractivity contribution in [3.05, 3.63) is 11.4 Å². The molecule has 1 aromatic rings. The van der Waals surface area contributed by atoms with Crippen LogP contribution < -0.4 is 16.2 Å². The molecule has 6 heteroatoms. The molecule has 0 spiro atoms. The highest BCUT2D eigenvalue weighted by Gasteiger charge is 2.13. The number of hydrazine groups is 1. The van der Waals surface area contributed by atoms with Gasteiger partial charge in [0, 0.05) is 18.7 Å². The Labute approximate surface area is 101 Å². The molecular weight excluding hydrogens is 216 g/mol. The lowest BCUT2D eigenvalue weighted by Gasteiger charge is -2.23. The van der Waals surface area contributed by atoms with E-state index in [1.165, 1.54) is 0 Å². The topological polar surface area (TPSA) is 90.9 Å². The third-order valence-corrected chi connectivity index (χ3v) is 2.54. The molecule has 0 fully saturated rings. The van der Waals surface area contributed by atoms with Crippen molar-refractivity contribution >= 4 is 11.6 Å². The predicted molar refractivity (Wildman–Crippen MR) is 67.4 cm³/mol. The standard InChI is InChI=1S/C11H18N6/c1-4-17(7-5-6-12)11-8(2)10(16-13)14-9(3)15-11/h4-5,7,13H2,1-3H3,(H,14,15,16). The molecule has 1 aromatic heterocycles. The van der Waals surface area contributed by atoms with Crippen LogP contribution in [0.5, 0.6) is 0 Å². The zero-order valence-electron chi connectivity index (χ0n) is 10.5. The maximum Gasteiger partial charge on any atom is 0.148 e. The van der Waals surface area contributed by atoms with E-state index >= 15 is 0 Å². The molecule has 92 valence electrons. The summed E-state index contributed by atoms with van der Waals surface area (Å²) in [5, 5.41) is 8.64. The molecule has 0 atom stereocenters. The summed E-state index contributed by atoms with van der Waals surface area (Å²) >= 11 is 0. The number of rotatable bonds is 5. The van der Waals surface area contributed by atoms with Crippen molar-refractivity contribution in [3.63, 3.8) is 0 Å². The van der Waals surface area contributed by atoms with Crippen LogP contribution in [0.15, 0.2) is 0 Å². The number of nitrogens with two attached hydrogens (primary N) is 1. The number of hydrogen-bond acceptors (Lipinski definition) is 6. The highest BCUT2D eigenvalue weighted by atomic mass is 15.3. The van der Waals surface area contributed by atoms with Gasteiger partial charge in [-0.3, -0.25) is 0 Å². The smallest absolute Gasteiger partial charge is 0.148 e. The fraction of sp³-hybridized carbons (Fsp3) is 0.545. The molecule has 1 heterocycles. The number of aryl methyl sites for hydroxylation is 1. The Morgan fingerprint density at radius 3 is 2.65 bits per heavy atom. The highest BCUT2D eigenvalue weighted by Crippen LogP contribution is 2.22. The SMILES string of the molecule is CCN(CCC#N)c1nc(C)nc(NN)c1C. The molecule has 0 radical (unpaired) electrons. The largest absolute Gasteiger partial charge is 0.355 e. The van der Waals surface area contributed by atoms with Crippen LogP contribution in [0.2, 0.25) is 0 Å².